The Labute approximate surface area is 125 Å². The van der Waals surface area contributed by atoms with Crippen molar-refractivity contribution in [1.82, 2.24) is 4.72 Å². The molecular formula is C13H14F2N2O2S2. The first-order valence-electron chi connectivity index (χ1n) is 6.06. The molecule has 114 valence electrons. The van der Waals surface area contributed by atoms with E-state index in [-0.39, 0.29) is 23.5 Å². The third kappa shape index (κ3) is 3.65. The van der Waals surface area contributed by atoms with Gasteiger partial charge in [-0.15, -0.1) is 11.3 Å². The van der Waals surface area contributed by atoms with E-state index in [1.807, 2.05) is 0 Å². The largest absolute Gasteiger partial charge is 0.326 e. The van der Waals surface area contributed by atoms with Crippen LogP contribution in [0.4, 0.5) is 8.78 Å². The topological polar surface area (TPSA) is 72.2 Å². The first kappa shape index (κ1) is 16.0. The van der Waals surface area contributed by atoms with Crippen LogP contribution in [0.3, 0.4) is 0 Å². The van der Waals surface area contributed by atoms with E-state index in [0.717, 1.165) is 23.1 Å². The monoisotopic (exact) mass is 332 g/mol. The summed E-state index contributed by atoms with van der Waals surface area (Å²) in [7, 11) is -3.79. The van der Waals surface area contributed by atoms with Crippen LogP contribution in [0.15, 0.2) is 29.2 Å². The van der Waals surface area contributed by atoms with Gasteiger partial charge in [0.05, 0.1) is 4.90 Å². The molecule has 0 unspecified atom stereocenters. The van der Waals surface area contributed by atoms with E-state index in [1.54, 1.807) is 6.92 Å². The summed E-state index contributed by atoms with van der Waals surface area (Å²) in [5, 5.41) is 0. The maximum Gasteiger partial charge on any atom is 0.241 e. The van der Waals surface area contributed by atoms with Gasteiger partial charge in [0.25, 0.3) is 0 Å². The molecular weight excluding hydrogens is 318 g/mol. The van der Waals surface area contributed by atoms with Crippen molar-refractivity contribution in [3.8, 4) is 0 Å². The quantitative estimate of drug-likeness (QED) is 0.882. The van der Waals surface area contributed by atoms with Gasteiger partial charge >= 0.3 is 0 Å². The van der Waals surface area contributed by atoms with Gasteiger partial charge in [-0.25, -0.2) is 21.9 Å². The van der Waals surface area contributed by atoms with Gasteiger partial charge in [-0.1, -0.05) is 0 Å². The normalized spacial score (nSPS) is 11.8. The van der Waals surface area contributed by atoms with Crippen LogP contribution in [0.1, 0.15) is 15.3 Å². The number of nitrogens with two attached hydrogens (primary N) is 1. The summed E-state index contributed by atoms with van der Waals surface area (Å²) in [5.41, 5.74) is 5.43. The first-order chi connectivity index (χ1) is 9.83. The predicted octanol–water partition coefficient (Wildman–Crippen LogP) is 2.27. The number of benzene rings is 1. The van der Waals surface area contributed by atoms with E-state index in [4.69, 9.17) is 5.73 Å². The van der Waals surface area contributed by atoms with Gasteiger partial charge in [-0.05, 0) is 31.2 Å². The van der Waals surface area contributed by atoms with Crippen LogP contribution >= 0.6 is 11.3 Å². The van der Waals surface area contributed by atoms with Crippen LogP contribution in [-0.4, -0.2) is 8.42 Å². The molecule has 0 saturated heterocycles. The van der Waals surface area contributed by atoms with E-state index >= 15 is 0 Å². The Kier molecular flexibility index (Phi) is 4.72. The third-order valence-corrected chi connectivity index (χ3v) is 5.60. The summed E-state index contributed by atoms with van der Waals surface area (Å²) in [6.07, 6.45) is 0. The van der Waals surface area contributed by atoms with Crippen molar-refractivity contribution in [1.29, 1.82) is 0 Å². The number of nitrogens with one attached hydrogen (secondary N) is 1. The molecule has 0 radical (unpaired) electrons. The molecule has 0 spiro atoms. The van der Waals surface area contributed by atoms with Crippen molar-refractivity contribution >= 4 is 21.4 Å². The van der Waals surface area contributed by atoms with Gasteiger partial charge in [-0.3, -0.25) is 0 Å². The SMILES string of the molecule is Cc1sc(CN)cc1S(=O)(=O)NCc1cc(F)ccc1F. The highest BCUT2D eigenvalue weighted by molar-refractivity contribution is 7.89. The van der Waals surface area contributed by atoms with Gasteiger partial charge in [0.2, 0.25) is 10.0 Å². The summed E-state index contributed by atoms with van der Waals surface area (Å²) in [6.45, 7) is 1.60. The zero-order chi connectivity index (χ0) is 15.6. The van der Waals surface area contributed by atoms with Crippen molar-refractivity contribution in [3.63, 3.8) is 0 Å². The maximum atomic E-state index is 13.5. The number of rotatable bonds is 5. The van der Waals surface area contributed by atoms with Crippen LogP contribution in [-0.2, 0) is 23.1 Å². The third-order valence-electron chi connectivity index (χ3n) is 2.87. The molecule has 4 nitrogen and oxygen atoms in total. The molecule has 0 atom stereocenters. The molecule has 21 heavy (non-hydrogen) atoms. The summed E-state index contributed by atoms with van der Waals surface area (Å²) in [6, 6.07) is 4.39. The first-order valence-corrected chi connectivity index (χ1v) is 8.36. The van der Waals surface area contributed by atoms with E-state index in [0.29, 0.717) is 4.88 Å². The highest BCUT2D eigenvalue weighted by Gasteiger charge is 2.20. The van der Waals surface area contributed by atoms with Crippen LogP contribution in [0.2, 0.25) is 0 Å². The number of hydrogen-bond acceptors (Lipinski definition) is 4. The summed E-state index contributed by atoms with van der Waals surface area (Å²) < 4.78 is 53.2. The molecule has 0 fully saturated rings. The van der Waals surface area contributed by atoms with E-state index in [2.05, 4.69) is 4.72 Å². The molecule has 8 heteroatoms. The molecule has 0 saturated carbocycles. The molecule has 2 rings (SSSR count). The van der Waals surface area contributed by atoms with Crippen LogP contribution in [0.25, 0.3) is 0 Å². The molecule has 1 aromatic carbocycles. The standard InChI is InChI=1S/C13H14F2N2O2S2/c1-8-13(5-11(6-16)20-8)21(18,19)17-7-9-4-10(14)2-3-12(9)15/h2-5,17H,6-7,16H2,1H3. The number of halogens is 2. The van der Waals surface area contributed by atoms with Gasteiger partial charge in [-0.2, -0.15) is 0 Å². The number of thiophene rings is 1. The van der Waals surface area contributed by atoms with Gasteiger partial charge in [0.1, 0.15) is 11.6 Å². The lowest BCUT2D eigenvalue weighted by Gasteiger charge is -2.07. The second kappa shape index (κ2) is 6.18. The van der Waals surface area contributed by atoms with Crippen molar-refractivity contribution in [2.45, 2.75) is 24.9 Å². The number of hydrogen-bond donors (Lipinski definition) is 2. The average Bonchev–Trinajstić information content (AvgIpc) is 2.82. The van der Waals surface area contributed by atoms with Crippen molar-refractivity contribution in [3.05, 3.63) is 51.2 Å². The highest BCUT2D eigenvalue weighted by atomic mass is 32.2. The maximum absolute atomic E-state index is 13.5. The Hall–Kier alpha value is -1.35. The van der Waals surface area contributed by atoms with Gasteiger partial charge in [0, 0.05) is 28.4 Å². The second-order valence-corrected chi connectivity index (χ2v) is 7.47. The minimum absolute atomic E-state index is 0.0505. The zero-order valence-corrected chi connectivity index (χ0v) is 12.8. The van der Waals surface area contributed by atoms with Crippen LogP contribution < -0.4 is 10.5 Å². The summed E-state index contributed by atoms with van der Waals surface area (Å²) in [5.74, 6) is -1.29. The molecule has 1 heterocycles. The minimum Gasteiger partial charge on any atom is -0.326 e. The zero-order valence-electron chi connectivity index (χ0n) is 11.2. The fraction of sp³-hybridized carbons (Fsp3) is 0.231. The molecule has 0 aliphatic heterocycles. The highest BCUT2D eigenvalue weighted by Crippen LogP contribution is 2.25. The fourth-order valence-electron chi connectivity index (χ4n) is 1.82. The van der Waals surface area contributed by atoms with E-state index < -0.39 is 21.7 Å². The van der Waals surface area contributed by atoms with Crippen molar-refractivity contribution < 1.29 is 17.2 Å². The van der Waals surface area contributed by atoms with Crippen LogP contribution in [0, 0.1) is 18.6 Å². The van der Waals surface area contributed by atoms with E-state index in [1.165, 1.54) is 17.4 Å². The molecule has 0 bridgehead atoms. The molecule has 1 aromatic heterocycles. The van der Waals surface area contributed by atoms with Crippen LogP contribution in [0.5, 0.6) is 0 Å². The average molecular weight is 332 g/mol. The Morgan fingerprint density at radius 1 is 1.29 bits per heavy atom. The Morgan fingerprint density at radius 3 is 2.62 bits per heavy atom. The lowest BCUT2D eigenvalue weighted by atomic mass is 10.2. The summed E-state index contributed by atoms with van der Waals surface area (Å²) in [4.78, 5) is 1.46. The summed E-state index contributed by atoms with van der Waals surface area (Å²) >= 11 is 1.29. The Morgan fingerprint density at radius 2 is 2.00 bits per heavy atom. The lowest BCUT2D eigenvalue weighted by molar-refractivity contribution is 0.567. The smallest absolute Gasteiger partial charge is 0.241 e. The van der Waals surface area contributed by atoms with Crippen molar-refractivity contribution in [2.24, 2.45) is 5.73 Å². The number of sulfonamides is 1. The Bertz CT molecular complexity index is 758. The van der Waals surface area contributed by atoms with Gasteiger partial charge in [0.15, 0.2) is 0 Å². The van der Waals surface area contributed by atoms with Crippen molar-refractivity contribution in [2.75, 3.05) is 0 Å². The molecule has 2 aromatic rings. The lowest BCUT2D eigenvalue weighted by Crippen LogP contribution is -2.24. The second-order valence-electron chi connectivity index (χ2n) is 4.40. The Balaban J connectivity index is 2.21. The molecule has 0 aliphatic rings. The molecule has 0 amide bonds. The number of aryl methyl sites for hydroxylation is 1. The fourth-order valence-corrected chi connectivity index (χ4v) is 4.34. The molecule has 3 N–H and O–H groups in total. The minimum atomic E-state index is -3.79. The predicted molar refractivity (Wildman–Crippen MR) is 77.3 cm³/mol. The van der Waals surface area contributed by atoms with E-state index in [9.17, 15) is 17.2 Å². The molecule has 0 aliphatic carbocycles. The van der Waals surface area contributed by atoms with Gasteiger partial charge < -0.3 is 5.73 Å².